The number of nitrogens with two attached hydrogens (primary N) is 1. The lowest BCUT2D eigenvalue weighted by Gasteiger charge is -2.10. The van der Waals surface area contributed by atoms with E-state index in [2.05, 4.69) is 59.3 Å². The van der Waals surface area contributed by atoms with Crippen LogP contribution < -0.4 is 11.1 Å². The van der Waals surface area contributed by atoms with Crippen LogP contribution in [0.15, 0.2) is 65.8 Å². The van der Waals surface area contributed by atoms with Crippen molar-refractivity contribution >= 4 is 29.3 Å². The molecule has 1 fully saturated rings. The monoisotopic (exact) mass is 430 g/mol. The lowest BCUT2D eigenvalue weighted by Crippen LogP contribution is -2.08. The van der Waals surface area contributed by atoms with E-state index >= 15 is 0 Å². The number of para-hydroxylation sites is 1. The molecule has 0 spiro atoms. The fraction of sp³-hybridized carbons (Fsp3) is 0.227. The van der Waals surface area contributed by atoms with Gasteiger partial charge in [-0.25, -0.2) is 0 Å². The number of hydrogen-bond donors (Lipinski definition) is 2. The summed E-state index contributed by atoms with van der Waals surface area (Å²) >= 11 is 1.56. The number of thioether (sulfide) groups is 1. The Labute approximate surface area is 184 Å². The molecule has 156 valence electrons. The van der Waals surface area contributed by atoms with Crippen LogP contribution in [0.2, 0.25) is 0 Å². The van der Waals surface area contributed by atoms with Gasteiger partial charge in [-0.05, 0) is 30.5 Å². The Morgan fingerprint density at radius 3 is 2.42 bits per heavy atom. The predicted molar refractivity (Wildman–Crippen MR) is 121 cm³/mol. The minimum Gasteiger partial charge on any atom is -0.368 e. The van der Waals surface area contributed by atoms with Gasteiger partial charge in [-0.1, -0.05) is 60.3 Å². The largest absolute Gasteiger partial charge is 0.368 e. The summed E-state index contributed by atoms with van der Waals surface area (Å²) in [7, 11) is 0. The molecule has 0 amide bonds. The first-order valence-electron chi connectivity index (χ1n) is 10.2. The van der Waals surface area contributed by atoms with E-state index < -0.39 is 0 Å². The van der Waals surface area contributed by atoms with E-state index in [4.69, 9.17) is 5.73 Å². The Morgan fingerprint density at radius 1 is 0.935 bits per heavy atom. The molecule has 2 aromatic heterocycles. The molecule has 2 heterocycles. The van der Waals surface area contributed by atoms with E-state index in [1.165, 1.54) is 18.4 Å². The third kappa shape index (κ3) is 4.83. The second-order valence-corrected chi connectivity index (χ2v) is 8.34. The first-order valence-corrected chi connectivity index (χ1v) is 11.2. The van der Waals surface area contributed by atoms with E-state index in [0.717, 1.165) is 23.2 Å². The maximum atomic E-state index is 5.92. The van der Waals surface area contributed by atoms with Gasteiger partial charge in [-0.2, -0.15) is 15.0 Å². The van der Waals surface area contributed by atoms with Crippen molar-refractivity contribution in [2.45, 2.75) is 36.2 Å². The Morgan fingerprint density at radius 2 is 1.68 bits per heavy atom. The average molecular weight is 431 g/mol. The van der Waals surface area contributed by atoms with Gasteiger partial charge >= 0.3 is 0 Å². The number of aromatic nitrogens is 6. The summed E-state index contributed by atoms with van der Waals surface area (Å²) in [4.78, 5) is 13.0. The van der Waals surface area contributed by atoms with Crippen LogP contribution >= 0.6 is 11.8 Å². The maximum Gasteiger partial charge on any atom is 0.232 e. The molecule has 2 aromatic carbocycles. The molecule has 0 bridgehead atoms. The van der Waals surface area contributed by atoms with Gasteiger partial charge in [-0.15, -0.1) is 10.2 Å². The fourth-order valence-corrected chi connectivity index (χ4v) is 4.10. The van der Waals surface area contributed by atoms with Crippen molar-refractivity contribution in [3.63, 3.8) is 0 Å². The molecule has 9 heteroatoms. The van der Waals surface area contributed by atoms with Crippen LogP contribution in [0.5, 0.6) is 0 Å². The molecule has 8 nitrogen and oxygen atoms in total. The number of anilines is 3. The third-order valence-corrected chi connectivity index (χ3v) is 5.89. The van der Waals surface area contributed by atoms with Gasteiger partial charge in [0, 0.05) is 11.6 Å². The number of nitrogen functional groups attached to an aromatic ring is 1. The van der Waals surface area contributed by atoms with Crippen molar-refractivity contribution in [3.05, 3.63) is 77.9 Å². The molecule has 31 heavy (non-hydrogen) atoms. The summed E-state index contributed by atoms with van der Waals surface area (Å²) in [5, 5.41) is 13.0. The van der Waals surface area contributed by atoms with Crippen molar-refractivity contribution in [3.8, 4) is 0 Å². The Kier molecular flexibility index (Phi) is 5.49. The smallest absolute Gasteiger partial charge is 0.232 e. The summed E-state index contributed by atoms with van der Waals surface area (Å²) in [5.74, 6) is 3.31. The van der Waals surface area contributed by atoms with Gasteiger partial charge in [0.2, 0.25) is 11.9 Å². The number of rotatable bonds is 8. The Balaban J connectivity index is 1.34. The third-order valence-electron chi connectivity index (χ3n) is 4.93. The molecule has 0 unspecified atom stereocenters. The van der Waals surface area contributed by atoms with Gasteiger partial charge in [0.05, 0.1) is 12.3 Å². The lowest BCUT2D eigenvalue weighted by atomic mass is 10.2. The van der Waals surface area contributed by atoms with Crippen LogP contribution in [0.4, 0.5) is 17.6 Å². The molecule has 5 rings (SSSR count). The first kappa shape index (κ1) is 19.5. The van der Waals surface area contributed by atoms with E-state index in [9.17, 15) is 0 Å². The average Bonchev–Trinajstić information content (AvgIpc) is 3.55. The summed E-state index contributed by atoms with van der Waals surface area (Å²) in [6.07, 6.45) is 2.35. The fourth-order valence-electron chi connectivity index (χ4n) is 3.30. The lowest BCUT2D eigenvalue weighted by molar-refractivity contribution is 0.667. The molecule has 4 aromatic rings. The highest BCUT2D eigenvalue weighted by Crippen LogP contribution is 2.40. The van der Waals surface area contributed by atoms with Gasteiger partial charge in [-0.3, -0.25) is 0 Å². The second-order valence-electron chi connectivity index (χ2n) is 7.40. The van der Waals surface area contributed by atoms with Crippen molar-refractivity contribution in [1.82, 2.24) is 29.7 Å². The number of nitrogens with one attached hydrogen (secondary N) is 1. The molecular weight excluding hydrogens is 408 g/mol. The van der Waals surface area contributed by atoms with E-state index in [-0.39, 0.29) is 5.95 Å². The van der Waals surface area contributed by atoms with Crippen LogP contribution in [0.1, 0.15) is 36.0 Å². The molecule has 0 radical (unpaired) electrons. The highest BCUT2D eigenvalue weighted by atomic mass is 32.2. The van der Waals surface area contributed by atoms with Gasteiger partial charge < -0.3 is 15.6 Å². The molecular formula is C22H22N8S. The Hall–Kier alpha value is -3.46. The van der Waals surface area contributed by atoms with Crippen LogP contribution in [0.25, 0.3) is 0 Å². The summed E-state index contributed by atoms with van der Waals surface area (Å²) in [6.45, 7) is 0.752. The predicted octanol–water partition coefficient (Wildman–Crippen LogP) is 4.01. The highest BCUT2D eigenvalue weighted by Gasteiger charge is 2.30. The maximum absolute atomic E-state index is 5.92. The van der Waals surface area contributed by atoms with Crippen LogP contribution in [0, 0.1) is 0 Å². The number of benzene rings is 2. The zero-order valence-electron chi connectivity index (χ0n) is 16.8. The SMILES string of the molecule is Nc1nc(CSc2nnc(C3CC3)n2Cc2ccccc2)nc(Nc2ccccc2)n1. The minimum atomic E-state index is 0.188. The van der Waals surface area contributed by atoms with Gasteiger partial charge in [0.1, 0.15) is 11.6 Å². The summed E-state index contributed by atoms with van der Waals surface area (Å²) < 4.78 is 2.21. The van der Waals surface area contributed by atoms with E-state index in [1.807, 2.05) is 36.4 Å². The topological polar surface area (TPSA) is 107 Å². The number of hydrogen-bond acceptors (Lipinski definition) is 8. The van der Waals surface area contributed by atoms with Crippen LogP contribution in [0.3, 0.4) is 0 Å². The summed E-state index contributed by atoms with van der Waals surface area (Å²) in [6, 6.07) is 20.1. The quantitative estimate of drug-likeness (QED) is 0.404. The summed E-state index contributed by atoms with van der Waals surface area (Å²) in [5.41, 5.74) is 8.04. The molecule has 1 saturated carbocycles. The van der Waals surface area contributed by atoms with Crippen molar-refractivity contribution in [2.24, 2.45) is 0 Å². The van der Waals surface area contributed by atoms with Gasteiger partial charge in [0.15, 0.2) is 5.16 Å². The molecule has 1 aliphatic rings. The first-order chi connectivity index (χ1) is 15.2. The van der Waals surface area contributed by atoms with Crippen molar-refractivity contribution in [1.29, 1.82) is 0 Å². The van der Waals surface area contributed by atoms with Crippen LogP contribution in [-0.2, 0) is 12.3 Å². The van der Waals surface area contributed by atoms with Crippen LogP contribution in [-0.4, -0.2) is 29.7 Å². The molecule has 0 atom stereocenters. The van der Waals surface area contributed by atoms with E-state index in [1.54, 1.807) is 11.8 Å². The van der Waals surface area contributed by atoms with Gasteiger partial charge in [0.25, 0.3) is 0 Å². The minimum absolute atomic E-state index is 0.188. The molecule has 0 saturated heterocycles. The molecule has 1 aliphatic carbocycles. The highest BCUT2D eigenvalue weighted by molar-refractivity contribution is 7.98. The second kappa shape index (κ2) is 8.73. The molecule has 3 N–H and O–H groups in total. The normalized spacial score (nSPS) is 13.3. The zero-order valence-corrected chi connectivity index (χ0v) is 17.7. The standard InChI is InChI=1S/C22H22N8S/c23-20-25-18(26-21(27-20)24-17-9-5-2-6-10-17)14-31-22-29-28-19(16-11-12-16)30(22)13-15-7-3-1-4-8-15/h1-10,16H,11-14H2,(H3,23,24,25,26,27). The zero-order chi connectivity index (χ0) is 21.0. The molecule has 0 aliphatic heterocycles. The Bertz CT molecular complexity index is 1160. The van der Waals surface area contributed by atoms with E-state index in [0.29, 0.717) is 23.4 Å². The number of nitrogens with zero attached hydrogens (tertiary/aromatic N) is 6. The van der Waals surface area contributed by atoms with Crippen molar-refractivity contribution in [2.75, 3.05) is 11.1 Å². The van der Waals surface area contributed by atoms with Crippen molar-refractivity contribution < 1.29 is 0 Å².